The summed E-state index contributed by atoms with van der Waals surface area (Å²) in [5.41, 5.74) is 7.30. The van der Waals surface area contributed by atoms with Crippen molar-refractivity contribution in [3.8, 4) is 11.1 Å². The molecular weight excluding hydrogens is 431 g/mol. The van der Waals surface area contributed by atoms with Gasteiger partial charge in [0, 0.05) is 26.6 Å². The highest BCUT2D eigenvalue weighted by molar-refractivity contribution is 7.19. The van der Waals surface area contributed by atoms with Crippen LogP contribution in [0.5, 0.6) is 0 Å². The lowest BCUT2D eigenvalue weighted by atomic mass is 10.0. The van der Waals surface area contributed by atoms with E-state index in [9.17, 15) is 18.0 Å². The highest BCUT2D eigenvalue weighted by atomic mass is 35.5. The molecule has 0 aliphatic rings. The Morgan fingerprint density at radius 1 is 1.00 bits per heavy atom. The van der Waals surface area contributed by atoms with E-state index in [1.54, 1.807) is 18.2 Å². The van der Waals surface area contributed by atoms with Crippen molar-refractivity contribution in [2.75, 3.05) is 0 Å². The summed E-state index contributed by atoms with van der Waals surface area (Å²) in [5.74, 6) is -0.567. The number of hydrogen-bond acceptors (Lipinski definition) is 2. The summed E-state index contributed by atoms with van der Waals surface area (Å²) in [5, 5.41) is 1.37. The molecule has 3 aromatic carbocycles. The lowest BCUT2D eigenvalue weighted by Gasteiger charge is -2.08. The van der Waals surface area contributed by atoms with E-state index in [2.05, 4.69) is 0 Å². The van der Waals surface area contributed by atoms with Crippen LogP contribution >= 0.6 is 22.9 Å². The molecule has 2 nitrogen and oxygen atoms in total. The zero-order valence-corrected chi connectivity index (χ0v) is 17.0. The summed E-state index contributed by atoms with van der Waals surface area (Å²) >= 11 is 7.67. The quantitative estimate of drug-likeness (QED) is 0.363. The van der Waals surface area contributed by atoms with Gasteiger partial charge in [-0.2, -0.15) is 13.2 Å². The number of rotatable bonds is 4. The van der Waals surface area contributed by atoms with Crippen molar-refractivity contribution in [1.82, 2.24) is 0 Å². The molecule has 1 amide bonds. The molecule has 0 unspecified atom stereocenters. The van der Waals surface area contributed by atoms with Crippen LogP contribution in [0.2, 0.25) is 5.02 Å². The van der Waals surface area contributed by atoms with Gasteiger partial charge in [-0.05, 0) is 52.4 Å². The van der Waals surface area contributed by atoms with Gasteiger partial charge >= 0.3 is 6.18 Å². The number of carbonyl (C=O) groups is 1. The summed E-state index contributed by atoms with van der Waals surface area (Å²) < 4.78 is 40.0. The van der Waals surface area contributed by atoms with Crippen molar-refractivity contribution in [2.24, 2.45) is 5.73 Å². The van der Waals surface area contributed by atoms with Crippen LogP contribution in [0.15, 0.2) is 66.7 Å². The molecule has 4 aromatic rings. The third-order valence-corrected chi connectivity index (χ3v) is 6.12. The van der Waals surface area contributed by atoms with E-state index in [0.29, 0.717) is 22.6 Å². The van der Waals surface area contributed by atoms with Crippen molar-refractivity contribution >= 4 is 38.9 Å². The number of hydrogen-bond donors (Lipinski definition) is 1. The molecule has 152 valence electrons. The Morgan fingerprint density at radius 3 is 2.50 bits per heavy atom. The first-order valence-electron chi connectivity index (χ1n) is 8.99. The van der Waals surface area contributed by atoms with E-state index >= 15 is 0 Å². The summed E-state index contributed by atoms with van der Waals surface area (Å²) in [6.45, 7) is 0. The Hall–Kier alpha value is -2.83. The van der Waals surface area contributed by atoms with Gasteiger partial charge in [0.25, 0.3) is 0 Å². The standard InChI is InChI=1S/C23H15ClF3NOS/c24-18-10-15(9-16(11-18)22(28)29)20-6-2-4-14-12-19(30-21(14)20)8-13-3-1-5-17(7-13)23(25,26)27/h1-7,9-12H,8H2,(H2,28,29). The summed E-state index contributed by atoms with van der Waals surface area (Å²) in [4.78, 5) is 12.5. The van der Waals surface area contributed by atoms with Gasteiger partial charge in [-0.3, -0.25) is 4.79 Å². The average Bonchev–Trinajstić information content (AvgIpc) is 3.09. The van der Waals surface area contributed by atoms with Gasteiger partial charge in [-0.1, -0.05) is 48.0 Å². The van der Waals surface area contributed by atoms with Gasteiger partial charge in [-0.15, -0.1) is 11.3 Å². The number of nitrogens with two attached hydrogens (primary N) is 1. The highest BCUT2D eigenvalue weighted by Gasteiger charge is 2.30. The molecule has 0 aliphatic heterocycles. The van der Waals surface area contributed by atoms with Crippen LogP contribution in [0.25, 0.3) is 21.2 Å². The summed E-state index contributed by atoms with van der Waals surface area (Å²) in [7, 11) is 0. The second-order valence-corrected chi connectivity index (χ2v) is 8.48. The Kier molecular flexibility index (Phi) is 5.30. The maximum absolute atomic E-state index is 13.0. The van der Waals surface area contributed by atoms with E-state index in [4.69, 9.17) is 17.3 Å². The fourth-order valence-electron chi connectivity index (χ4n) is 3.38. The van der Waals surface area contributed by atoms with Crippen molar-refractivity contribution in [1.29, 1.82) is 0 Å². The third-order valence-electron chi connectivity index (χ3n) is 4.72. The first-order chi connectivity index (χ1) is 14.2. The largest absolute Gasteiger partial charge is 0.416 e. The SMILES string of the molecule is NC(=O)c1cc(Cl)cc(-c2cccc3cc(Cc4cccc(C(F)(F)F)c4)sc23)c1. The smallest absolute Gasteiger partial charge is 0.366 e. The van der Waals surface area contributed by atoms with Gasteiger partial charge in [0.1, 0.15) is 0 Å². The Balaban J connectivity index is 1.74. The molecule has 0 spiro atoms. The molecule has 0 saturated carbocycles. The van der Waals surface area contributed by atoms with Gasteiger partial charge in [0.05, 0.1) is 5.56 Å². The van der Waals surface area contributed by atoms with Gasteiger partial charge < -0.3 is 5.73 Å². The molecule has 7 heteroatoms. The number of thiophene rings is 1. The number of primary amides is 1. The molecule has 2 N–H and O–H groups in total. The number of halogens is 4. The predicted octanol–water partition coefficient (Wildman–Crippen LogP) is 6.93. The monoisotopic (exact) mass is 445 g/mol. The minimum absolute atomic E-state index is 0.315. The number of alkyl halides is 3. The molecule has 0 fully saturated rings. The fourth-order valence-corrected chi connectivity index (χ4v) is 4.84. The van der Waals surface area contributed by atoms with Gasteiger partial charge in [0.2, 0.25) is 5.91 Å². The molecular formula is C23H15ClF3NOS. The van der Waals surface area contributed by atoms with Gasteiger partial charge in [0.15, 0.2) is 0 Å². The first kappa shape index (κ1) is 20.4. The zero-order chi connectivity index (χ0) is 21.5. The second kappa shape index (κ2) is 7.78. The Bertz CT molecular complexity index is 1260. The molecule has 0 bridgehead atoms. The topological polar surface area (TPSA) is 43.1 Å². The molecule has 30 heavy (non-hydrogen) atoms. The molecule has 1 aromatic heterocycles. The molecule has 4 rings (SSSR count). The molecule has 0 atom stereocenters. The fraction of sp³-hybridized carbons (Fsp3) is 0.0870. The van der Waals surface area contributed by atoms with E-state index < -0.39 is 17.6 Å². The minimum atomic E-state index is -4.37. The van der Waals surface area contributed by atoms with Crippen molar-refractivity contribution in [3.63, 3.8) is 0 Å². The Morgan fingerprint density at radius 2 is 1.77 bits per heavy atom. The minimum Gasteiger partial charge on any atom is -0.366 e. The number of fused-ring (bicyclic) bond motifs is 1. The molecule has 0 radical (unpaired) electrons. The summed E-state index contributed by atoms with van der Waals surface area (Å²) in [6.07, 6.45) is -3.97. The maximum atomic E-state index is 13.0. The lowest BCUT2D eigenvalue weighted by Crippen LogP contribution is -2.10. The predicted molar refractivity (Wildman–Crippen MR) is 115 cm³/mol. The van der Waals surface area contributed by atoms with Crippen molar-refractivity contribution < 1.29 is 18.0 Å². The first-order valence-corrected chi connectivity index (χ1v) is 10.2. The summed E-state index contributed by atoms with van der Waals surface area (Å²) in [6, 6.07) is 18.1. The second-order valence-electron chi connectivity index (χ2n) is 6.90. The van der Waals surface area contributed by atoms with Crippen LogP contribution in [0, 0.1) is 0 Å². The highest BCUT2D eigenvalue weighted by Crippen LogP contribution is 2.37. The van der Waals surface area contributed by atoms with Crippen LogP contribution in [0.3, 0.4) is 0 Å². The van der Waals surface area contributed by atoms with Crippen LogP contribution in [-0.4, -0.2) is 5.91 Å². The van der Waals surface area contributed by atoms with E-state index in [1.165, 1.54) is 29.5 Å². The van der Waals surface area contributed by atoms with Crippen LogP contribution in [0.4, 0.5) is 13.2 Å². The van der Waals surface area contributed by atoms with Crippen molar-refractivity contribution in [3.05, 3.63) is 93.3 Å². The van der Waals surface area contributed by atoms with Gasteiger partial charge in [-0.25, -0.2) is 0 Å². The number of carbonyl (C=O) groups excluding carboxylic acids is 1. The average molecular weight is 446 g/mol. The normalized spacial score (nSPS) is 11.7. The van der Waals surface area contributed by atoms with Crippen LogP contribution in [-0.2, 0) is 12.6 Å². The maximum Gasteiger partial charge on any atom is 0.416 e. The molecule has 0 aliphatic carbocycles. The van der Waals surface area contributed by atoms with Crippen LogP contribution in [0.1, 0.15) is 26.4 Å². The van der Waals surface area contributed by atoms with Crippen molar-refractivity contribution in [2.45, 2.75) is 12.6 Å². The zero-order valence-electron chi connectivity index (χ0n) is 15.5. The number of amides is 1. The molecule has 1 heterocycles. The third kappa shape index (κ3) is 4.20. The van der Waals surface area contributed by atoms with E-state index in [-0.39, 0.29) is 0 Å². The Labute approximate surface area is 179 Å². The van der Waals surface area contributed by atoms with Crippen LogP contribution < -0.4 is 5.73 Å². The van der Waals surface area contributed by atoms with E-state index in [1.807, 2.05) is 24.3 Å². The number of benzene rings is 3. The lowest BCUT2D eigenvalue weighted by molar-refractivity contribution is -0.137. The molecule has 0 saturated heterocycles. The van der Waals surface area contributed by atoms with E-state index in [0.717, 1.165) is 32.2 Å².